The summed E-state index contributed by atoms with van der Waals surface area (Å²) in [5.41, 5.74) is 3.26. The minimum absolute atomic E-state index is 0.614. The van der Waals surface area contributed by atoms with E-state index in [9.17, 15) is 0 Å². The summed E-state index contributed by atoms with van der Waals surface area (Å²) in [5, 5.41) is 15.5. The van der Waals surface area contributed by atoms with Gasteiger partial charge in [0.15, 0.2) is 0 Å². The van der Waals surface area contributed by atoms with Gasteiger partial charge in [-0.15, -0.1) is 11.3 Å². The third kappa shape index (κ3) is 3.91. The van der Waals surface area contributed by atoms with E-state index in [1.807, 2.05) is 35.7 Å². The smallest absolute Gasteiger partial charge is 0.205 e. The predicted octanol–water partition coefficient (Wildman–Crippen LogP) is 3.52. The number of hydrogen-bond acceptors (Lipinski definition) is 6. The summed E-state index contributed by atoms with van der Waals surface area (Å²) in [6.45, 7) is 0. The van der Waals surface area contributed by atoms with E-state index in [4.69, 9.17) is 14.7 Å². The van der Waals surface area contributed by atoms with E-state index in [1.165, 1.54) is 11.3 Å². The SMILES string of the molecule is CN=c1scc(-c2ccc(OC)cc2OC)n1N=Cc1ccc(C#N)cc1. The highest BCUT2D eigenvalue weighted by atomic mass is 32.1. The molecule has 0 unspecified atom stereocenters. The number of aromatic nitrogens is 1. The Labute approximate surface area is 161 Å². The van der Waals surface area contributed by atoms with Gasteiger partial charge in [-0.25, -0.2) is 4.68 Å². The molecule has 0 N–H and O–H groups in total. The molecule has 0 aliphatic heterocycles. The quantitative estimate of drug-likeness (QED) is 0.638. The van der Waals surface area contributed by atoms with Crippen LogP contribution in [0.4, 0.5) is 0 Å². The molecule has 0 amide bonds. The number of nitrogens with zero attached hydrogens (tertiary/aromatic N) is 4. The van der Waals surface area contributed by atoms with Gasteiger partial charge < -0.3 is 9.47 Å². The fourth-order valence-electron chi connectivity index (χ4n) is 2.53. The third-order valence-corrected chi connectivity index (χ3v) is 4.83. The molecule has 0 aliphatic carbocycles. The lowest BCUT2D eigenvalue weighted by Gasteiger charge is -2.10. The largest absolute Gasteiger partial charge is 0.497 e. The van der Waals surface area contributed by atoms with Gasteiger partial charge in [-0.3, -0.25) is 4.99 Å². The summed E-state index contributed by atoms with van der Waals surface area (Å²) in [6.07, 6.45) is 1.74. The summed E-state index contributed by atoms with van der Waals surface area (Å²) >= 11 is 1.49. The minimum Gasteiger partial charge on any atom is -0.497 e. The second-order valence-electron chi connectivity index (χ2n) is 5.48. The van der Waals surface area contributed by atoms with Crippen molar-refractivity contribution in [3.05, 3.63) is 63.8 Å². The maximum Gasteiger partial charge on any atom is 0.205 e. The predicted molar refractivity (Wildman–Crippen MR) is 106 cm³/mol. The third-order valence-electron chi connectivity index (χ3n) is 3.92. The van der Waals surface area contributed by atoms with Crippen molar-refractivity contribution >= 4 is 17.6 Å². The molecule has 27 heavy (non-hydrogen) atoms. The van der Waals surface area contributed by atoms with Gasteiger partial charge in [-0.05, 0) is 29.8 Å². The van der Waals surface area contributed by atoms with Crippen LogP contribution in [0.15, 0.2) is 57.9 Å². The van der Waals surface area contributed by atoms with Gasteiger partial charge in [-0.2, -0.15) is 10.4 Å². The van der Waals surface area contributed by atoms with E-state index >= 15 is 0 Å². The minimum atomic E-state index is 0.614. The highest BCUT2D eigenvalue weighted by molar-refractivity contribution is 7.07. The first-order chi connectivity index (χ1) is 13.2. The molecule has 0 saturated heterocycles. The number of thiazole rings is 1. The average molecular weight is 378 g/mol. The normalized spacial score (nSPS) is 11.6. The number of methoxy groups -OCH3 is 2. The van der Waals surface area contributed by atoms with E-state index < -0.39 is 0 Å². The fraction of sp³-hybridized carbons (Fsp3) is 0.150. The Morgan fingerprint density at radius 1 is 1.11 bits per heavy atom. The van der Waals surface area contributed by atoms with Crippen LogP contribution in [0.5, 0.6) is 11.5 Å². The molecule has 136 valence electrons. The Bertz CT molecular complexity index is 1070. The van der Waals surface area contributed by atoms with Gasteiger partial charge in [0.05, 0.1) is 37.8 Å². The number of nitriles is 1. The van der Waals surface area contributed by atoms with Crippen molar-refractivity contribution < 1.29 is 9.47 Å². The zero-order valence-corrected chi connectivity index (χ0v) is 16.0. The second kappa shape index (κ2) is 8.34. The Morgan fingerprint density at radius 2 is 1.89 bits per heavy atom. The lowest BCUT2D eigenvalue weighted by Crippen LogP contribution is -2.11. The molecule has 0 atom stereocenters. The molecule has 6 nitrogen and oxygen atoms in total. The summed E-state index contributed by atoms with van der Waals surface area (Å²) in [7, 11) is 4.98. The number of hydrogen-bond donors (Lipinski definition) is 0. The van der Waals surface area contributed by atoms with Crippen molar-refractivity contribution in [3.63, 3.8) is 0 Å². The van der Waals surface area contributed by atoms with Crippen LogP contribution in [0.25, 0.3) is 11.3 Å². The molecule has 0 aliphatic rings. The van der Waals surface area contributed by atoms with Crippen LogP contribution in [-0.4, -0.2) is 32.2 Å². The highest BCUT2D eigenvalue weighted by Crippen LogP contribution is 2.33. The topological polar surface area (TPSA) is 71.9 Å². The summed E-state index contributed by atoms with van der Waals surface area (Å²) in [5.74, 6) is 1.41. The summed E-state index contributed by atoms with van der Waals surface area (Å²) < 4.78 is 12.6. The Hall–Kier alpha value is -3.37. The molecule has 0 saturated carbocycles. The van der Waals surface area contributed by atoms with Crippen LogP contribution >= 0.6 is 11.3 Å². The van der Waals surface area contributed by atoms with Crippen LogP contribution in [0.2, 0.25) is 0 Å². The number of ether oxygens (including phenoxy) is 2. The van der Waals surface area contributed by atoms with Gasteiger partial charge in [0, 0.05) is 24.1 Å². The molecule has 0 spiro atoms. The first-order valence-corrected chi connectivity index (χ1v) is 8.98. The zero-order valence-electron chi connectivity index (χ0n) is 15.2. The Balaban J connectivity index is 2.06. The van der Waals surface area contributed by atoms with Crippen LogP contribution < -0.4 is 14.3 Å². The highest BCUT2D eigenvalue weighted by Gasteiger charge is 2.13. The maximum absolute atomic E-state index is 8.91. The maximum atomic E-state index is 8.91. The van der Waals surface area contributed by atoms with E-state index in [1.54, 1.807) is 44.3 Å². The molecular weight excluding hydrogens is 360 g/mol. The second-order valence-corrected chi connectivity index (χ2v) is 6.32. The summed E-state index contributed by atoms with van der Waals surface area (Å²) in [4.78, 5) is 5.06. The van der Waals surface area contributed by atoms with Gasteiger partial charge in [0.1, 0.15) is 11.5 Å². The number of benzene rings is 2. The van der Waals surface area contributed by atoms with Gasteiger partial charge >= 0.3 is 0 Å². The van der Waals surface area contributed by atoms with E-state index in [2.05, 4.69) is 16.2 Å². The molecule has 0 radical (unpaired) electrons. The van der Waals surface area contributed by atoms with Crippen molar-refractivity contribution in [2.24, 2.45) is 10.1 Å². The van der Waals surface area contributed by atoms with Gasteiger partial charge in [0.2, 0.25) is 4.80 Å². The van der Waals surface area contributed by atoms with Crippen LogP contribution in [0, 0.1) is 11.3 Å². The molecule has 0 fully saturated rings. The average Bonchev–Trinajstić information content (AvgIpc) is 3.14. The van der Waals surface area contributed by atoms with Crippen molar-refractivity contribution in [2.45, 2.75) is 0 Å². The molecule has 3 aromatic rings. The summed E-state index contributed by atoms with van der Waals surface area (Å²) in [6, 6.07) is 15.0. The molecule has 3 rings (SSSR count). The zero-order chi connectivity index (χ0) is 19.2. The molecule has 1 heterocycles. The fourth-order valence-corrected chi connectivity index (χ4v) is 3.32. The Morgan fingerprint density at radius 3 is 2.52 bits per heavy atom. The molecule has 7 heteroatoms. The standard InChI is InChI=1S/C20H18N4O2S/c1-22-20-24(23-12-15-6-4-14(11-21)5-7-15)18(13-27-20)17-9-8-16(25-2)10-19(17)26-3/h4-10,12-13H,1-3H3. The van der Waals surface area contributed by atoms with E-state index in [-0.39, 0.29) is 0 Å². The Kier molecular flexibility index (Phi) is 5.69. The first-order valence-electron chi connectivity index (χ1n) is 8.10. The molecule has 1 aromatic heterocycles. The van der Waals surface area contributed by atoms with Crippen LogP contribution in [0.3, 0.4) is 0 Å². The van der Waals surface area contributed by atoms with Crippen molar-refractivity contribution in [2.75, 3.05) is 21.3 Å². The lowest BCUT2D eigenvalue weighted by molar-refractivity contribution is 0.395. The van der Waals surface area contributed by atoms with Gasteiger partial charge in [-0.1, -0.05) is 12.1 Å². The van der Waals surface area contributed by atoms with E-state index in [0.717, 1.165) is 27.4 Å². The molecule has 2 aromatic carbocycles. The monoisotopic (exact) mass is 378 g/mol. The number of rotatable bonds is 5. The molecule has 0 bridgehead atoms. The van der Waals surface area contributed by atoms with Crippen LogP contribution in [-0.2, 0) is 0 Å². The van der Waals surface area contributed by atoms with Crippen LogP contribution in [0.1, 0.15) is 11.1 Å². The molecular formula is C20H18N4O2S. The van der Waals surface area contributed by atoms with Crippen molar-refractivity contribution in [3.8, 4) is 28.8 Å². The van der Waals surface area contributed by atoms with Crippen molar-refractivity contribution in [1.82, 2.24) is 4.68 Å². The van der Waals surface area contributed by atoms with Crippen molar-refractivity contribution in [1.29, 1.82) is 5.26 Å². The lowest BCUT2D eigenvalue weighted by atomic mass is 10.1. The van der Waals surface area contributed by atoms with E-state index in [0.29, 0.717) is 11.3 Å². The van der Waals surface area contributed by atoms with Gasteiger partial charge in [0.25, 0.3) is 0 Å². The first kappa shape index (κ1) is 18.4.